The highest BCUT2D eigenvalue weighted by molar-refractivity contribution is 6.30. The molecule has 2 amide bonds. The molecule has 0 radical (unpaired) electrons. The number of halogens is 2. The van der Waals surface area contributed by atoms with Crippen molar-refractivity contribution in [2.24, 2.45) is 0 Å². The van der Waals surface area contributed by atoms with Crippen molar-refractivity contribution in [1.29, 1.82) is 0 Å². The molecule has 30 heavy (non-hydrogen) atoms. The lowest BCUT2D eigenvalue weighted by Crippen LogP contribution is -2.51. The molecule has 7 nitrogen and oxygen atoms in total. The fourth-order valence-corrected chi connectivity index (χ4v) is 3.55. The average Bonchev–Trinajstić information content (AvgIpc) is 2.76. The molecule has 1 fully saturated rings. The highest BCUT2D eigenvalue weighted by Gasteiger charge is 2.25. The first-order valence-corrected chi connectivity index (χ1v) is 9.77. The molecule has 0 spiro atoms. The van der Waals surface area contributed by atoms with Crippen LogP contribution < -0.4 is 5.56 Å². The number of nitrogens with zero attached hydrogens (tertiary/aromatic N) is 4. The van der Waals surface area contributed by atoms with Crippen LogP contribution in [0.3, 0.4) is 0 Å². The molecule has 1 saturated heterocycles. The number of benzene rings is 2. The van der Waals surface area contributed by atoms with Gasteiger partial charge in [0.15, 0.2) is 0 Å². The second-order valence-electron chi connectivity index (χ2n) is 7.02. The molecule has 0 unspecified atom stereocenters. The molecule has 1 aliphatic heterocycles. The third-order valence-electron chi connectivity index (χ3n) is 5.10. The fourth-order valence-electron chi connectivity index (χ4n) is 3.42. The maximum atomic E-state index is 13.5. The lowest BCUT2D eigenvalue weighted by Gasteiger charge is -2.35. The zero-order valence-corrected chi connectivity index (χ0v) is 16.7. The molecule has 0 N–H and O–H groups in total. The maximum Gasteiger partial charge on any atom is 0.261 e. The molecular weight excluding hydrogens is 411 g/mol. The molecule has 4 rings (SSSR count). The van der Waals surface area contributed by atoms with Gasteiger partial charge in [-0.25, -0.2) is 9.37 Å². The van der Waals surface area contributed by atoms with Gasteiger partial charge in [0.05, 0.1) is 17.2 Å². The van der Waals surface area contributed by atoms with E-state index >= 15 is 0 Å². The van der Waals surface area contributed by atoms with Gasteiger partial charge in [-0.1, -0.05) is 11.6 Å². The fraction of sp³-hybridized carbons (Fsp3) is 0.238. The van der Waals surface area contributed by atoms with Crippen molar-refractivity contribution in [3.63, 3.8) is 0 Å². The number of amides is 2. The van der Waals surface area contributed by atoms with E-state index in [1.807, 2.05) is 0 Å². The first kappa shape index (κ1) is 20.0. The molecule has 0 bridgehead atoms. The molecule has 0 atom stereocenters. The average molecular weight is 429 g/mol. The van der Waals surface area contributed by atoms with Gasteiger partial charge < -0.3 is 9.80 Å². The Hall–Kier alpha value is -3.26. The van der Waals surface area contributed by atoms with Crippen molar-refractivity contribution in [1.82, 2.24) is 19.4 Å². The predicted octanol–water partition coefficient (Wildman–Crippen LogP) is 2.17. The summed E-state index contributed by atoms with van der Waals surface area (Å²) in [6, 6.07) is 10.4. The van der Waals surface area contributed by atoms with Crippen LogP contribution in [0.25, 0.3) is 10.9 Å². The summed E-state index contributed by atoms with van der Waals surface area (Å²) in [6.07, 6.45) is 1.29. The Morgan fingerprint density at radius 3 is 2.37 bits per heavy atom. The third kappa shape index (κ3) is 4.04. The van der Waals surface area contributed by atoms with Crippen LogP contribution in [0.2, 0.25) is 5.02 Å². The summed E-state index contributed by atoms with van der Waals surface area (Å²) >= 11 is 5.86. The van der Waals surface area contributed by atoms with Crippen molar-refractivity contribution in [3.8, 4) is 0 Å². The lowest BCUT2D eigenvalue weighted by molar-refractivity contribution is -0.133. The third-order valence-corrected chi connectivity index (χ3v) is 5.35. The summed E-state index contributed by atoms with van der Waals surface area (Å²) < 4.78 is 14.6. The number of fused-ring (bicyclic) bond motifs is 1. The summed E-state index contributed by atoms with van der Waals surface area (Å²) in [5, 5.41) is 0.687. The van der Waals surface area contributed by atoms with E-state index in [-0.39, 0.29) is 23.7 Å². The number of carbonyl (C=O) groups is 2. The largest absolute Gasteiger partial charge is 0.338 e. The van der Waals surface area contributed by atoms with Gasteiger partial charge in [-0.3, -0.25) is 19.0 Å². The lowest BCUT2D eigenvalue weighted by atomic mass is 10.2. The molecule has 1 aromatic heterocycles. The van der Waals surface area contributed by atoms with Gasteiger partial charge in [-0.05, 0) is 42.5 Å². The predicted molar refractivity (Wildman–Crippen MR) is 110 cm³/mol. The van der Waals surface area contributed by atoms with E-state index in [0.717, 1.165) is 6.07 Å². The minimum atomic E-state index is -0.535. The molecule has 0 aliphatic carbocycles. The summed E-state index contributed by atoms with van der Waals surface area (Å²) in [4.78, 5) is 45.2. The van der Waals surface area contributed by atoms with Gasteiger partial charge in [0.25, 0.3) is 11.5 Å². The molecule has 0 saturated carbocycles. The summed E-state index contributed by atoms with van der Waals surface area (Å²) in [5.74, 6) is -0.907. The van der Waals surface area contributed by atoms with E-state index in [1.165, 1.54) is 23.0 Å². The molecule has 9 heteroatoms. The van der Waals surface area contributed by atoms with E-state index < -0.39 is 11.4 Å². The van der Waals surface area contributed by atoms with Gasteiger partial charge in [0.1, 0.15) is 12.4 Å². The monoisotopic (exact) mass is 428 g/mol. The van der Waals surface area contributed by atoms with Crippen LogP contribution in [0.15, 0.2) is 53.6 Å². The zero-order chi connectivity index (χ0) is 21.3. The summed E-state index contributed by atoms with van der Waals surface area (Å²) in [5.41, 5.74) is 0.448. The van der Waals surface area contributed by atoms with Gasteiger partial charge in [0, 0.05) is 36.8 Å². The van der Waals surface area contributed by atoms with Crippen LogP contribution in [0.5, 0.6) is 0 Å². The Morgan fingerprint density at radius 1 is 1.00 bits per heavy atom. The maximum absolute atomic E-state index is 13.5. The molecule has 154 valence electrons. The number of piperazine rings is 1. The van der Waals surface area contributed by atoms with E-state index in [1.54, 1.807) is 34.1 Å². The molecule has 3 aromatic rings. The van der Waals surface area contributed by atoms with Crippen LogP contribution in [-0.2, 0) is 11.3 Å². The quantitative estimate of drug-likeness (QED) is 0.640. The Kier molecular flexibility index (Phi) is 5.50. The van der Waals surface area contributed by atoms with E-state index in [9.17, 15) is 18.8 Å². The normalized spacial score (nSPS) is 14.2. The highest BCUT2D eigenvalue weighted by atomic mass is 35.5. The Bertz CT molecular complexity index is 1170. The van der Waals surface area contributed by atoms with Crippen molar-refractivity contribution >= 4 is 34.3 Å². The summed E-state index contributed by atoms with van der Waals surface area (Å²) in [7, 11) is 0. The molecular formula is C21H18ClFN4O3. The van der Waals surface area contributed by atoms with Crippen molar-refractivity contribution in [2.75, 3.05) is 26.2 Å². The zero-order valence-electron chi connectivity index (χ0n) is 15.9. The SMILES string of the molecule is O=C(Cn1cnc2ccc(F)cc2c1=O)N1CCN(C(=O)c2ccc(Cl)cc2)CC1. The first-order valence-electron chi connectivity index (χ1n) is 9.40. The smallest absolute Gasteiger partial charge is 0.261 e. The second kappa shape index (κ2) is 8.23. The van der Waals surface area contributed by atoms with Crippen LogP contribution >= 0.6 is 11.6 Å². The van der Waals surface area contributed by atoms with Gasteiger partial charge in [-0.15, -0.1) is 0 Å². The van der Waals surface area contributed by atoms with Crippen molar-refractivity contribution < 1.29 is 14.0 Å². The number of aromatic nitrogens is 2. The minimum absolute atomic E-state index is 0.115. The van der Waals surface area contributed by atoms with E-state index in [2.05, 4.69) is 4.98 Å². The Labute approximate surface area is 176 Å². The van der Waals surface area contributed by atoms with Gasteiger partial charge >= 0.3 is 0 Å². The Morgan fingerprint density at radius 2 is 1.67 bits per heavy atom. The summed E-state index contributed by atoms with van der Waals surface area (Å²) in [6.45, 7) is 1.32. The van der Waals surface area contributed by atoms with Crippen LogP contribution in [0, 0.1) is 5.82 Å². The standard InChI is InChI=1S/C21H18ClFN4O3/c22-15-3-1-14(2-4-15)20(29)26-9-7-25(8-10-26)19(28)12-27-13-24-18-6-5-16(23)11-17(18)21(27)30/h1-6,11,13H,7-10,12H2. The van der Waals surface area contributed by atoms with Crippen LogP contribution in [0.4, 0.5) is 4.39 Å². The number of carbonyl (C=O) groups excluding carboxylic acids is 2. The molecule has 1 aliphatic rings. The van der Waals surface area contributed by atoms with Gasteiger partial charge in [0.2, 0.25) is 5.91 Å². The van der Waals surface area contributed by atoms with Crippen LogP contribution in [0.1, 0.15) is 10.4 Å². The number of hydrogen-bond donors (Lipinski definition) is 0. The topological polar surface area (TPSA) is 75.5 Å². The van der Waals surface area contributed by atoms with Crippen molar-refractivity contribution in [3.05, 3.63) is 75.5 Å². The number of rotatable bonds is 3. The first-order chi connectivity index (χ1) is 14.4. The number of hydrogen-bond acceptors (Lipinski definition) is 4. The van der Waals surface area contributed by atoms with Crippen molar-refractivity contribution in [2.45, 2.75) is 6.54 Å². The highest BCUT2D eigenvalue weighted by Crippen LogP contribution is 2.14. The second-order valence-corrected chi connectivity index (χ2v) is 7.46. The molecule has 2 aromatic carbocycles. The molecule has 2 heterocycles. The Balaban J connectivity index is 1.41. The van der Waals surface area contributed by atoms with Gasteiger partial charge in [-0.2, -0.15) is 0 Å². The minimum Gasteiger partial charge on any atom is -0.338 e. The van der Waals surface area contributed by atoms with E-state index in [4.69, 9.17) is 11.6 Å². The van der Waals surface area contributed by atoms with E-state index in [0.29, 0.717) is 42.3 Å². The van der Waals surface area contributed by atoms with Crippen LogP contribution in [-0.4, -0.2) is 57.3 Å².